The van der Waals surface area contributed by atoms with Gasteiger partial charge in [-0.2, -0.15) is 0 Å². The molecule has 1 aromatic carbocycles. The van der Waals surface area contributed by atoms with Crippen molar-refractivity contribution in [3.63, 3.8) is 0 Å². The fraction of sp³-hybridized carbons (Fsp3) is 0.600. The Balaban J connectivity index is 2.72. The third-order valence-corrected chi connectivity index (χ3v) is 3.08. The van der Waals surface area contributed by atoms with Gasteiger partial charge in [0.2, 0.25) is 0 Å². The van der Waals surface area contributed by atoms with Crippen LogP contribution in [0, 0.1) is 5.92 Å². The van der Waals surface area contributed by atoms with Crippen LogP contribution in [-0.2, 0) is 0 Å². The zero-order chi connectivity index (χ0) is 13.5. The predicted octanol–water partition coefficient (Wildman–Crippen LogP) is 3.40. The van der Waals surface area contributed by atoms with Gasteiger partial charge in [0.05, 0.1) is 14.2 Å². The molecule has 3 nitrogen and oxygen atoms in total. The Morgan fingerprint density at radius 3 is 2.39 bits per heavy atom. The van der Waals surface area contributed by atoms with Crippen molar-refractivity contribution in [3.05, 3.63) is 23.8 Å². The van der Waals surface area contributed by atoms with E-state index in [4.69, 9.17) is 9.47 Å². The monoisotopic (exact) mass is 251 g/mol. The van der Waals surface area contributed by atoms with Crippen LogP contribution in [0.1, 0.15) is 38.8 Å². The molecule has 0 spiro atoms. The van der Waals surface area contributed by atoms with Crippen molar-refractivity contribution in [2.24, 2.45) is 5.92 Å². The van der Waals surface area contributed by atoms with Gasteiger partial charge in [-0.15, -0.1) is 0 Å². The van der Waals surface area contributed by atoms with Crippen molar-refractivity contribution in [3.8, 4) is 11.5 Å². The maximum Gasteiger partial charge on any atom is 0.123 e. The van der Waals surface area contributed by atoms with Crippen molar-refractivity contribution in [2.75, 3.05) is 20.8 Å². The van der Waals surface area contributed by atoms with E-state index in [9.17, 15) is 0 Å². The highest BCUT2D eigenvalue weighted by Gasteiger charge is 2.12. The highest BCUT2D eigenvalue weighted by Crippen LogP contribution is 2.29. The third kappa shape index (κ3) is 4.22. The molecule has 0 aliphatic heterocycles. The van der Waals surface area contributed by atoms with E-state index >= 15 is 0 Å². The summed E-state index contributed by atoms with van der Waals surface area (Å²) < 4.78 is 10.7. The van der Waals surface area contributed by atoms with E-state index in [1.54, 1.807) is 14.2 Å². The smallest absolute Gasteiger partial charge is 0.123 e. The Labute approximate surface area is 110 Å². The molecule has 3 heteroatoms. The van der Waals surface area contributed by atoms with Gasteiger partial charge >= 0.3 is 0 Å². The second kappa shape index (κ2) is 7.27. The largest absolute Gasteiger partial charge is 0.497 e. The van der Waals surface area contributed by atoms with Gasteiger partial charge in [-0.3, -0.25) is 0 Å². The average Bonchev–Trinajstić information content (AvgIpc) is 2.37. The summed E-state index contributed by atoms with van der Waals surface area (Å²) in [5, 5.41) is 3.52. The summed E-state index contributed by atoms with van der Waals surface area (Å²) in [6.45, 7) is 7.63. The number of nitrogens with one attached hydrogen (secondary N) is 1. The van der Waals surface area contributed by atoms with E-state index in [0.717, 1.165) is 29.5 Å². The van der Waals surface area contributed by atoms with E-state index in [1.165, 1.54) is 6.42 Å². The molecule has 0 radical (unpaired) electrons. The minimum Gasteiger partial charge on any atom is -0.497 e. The fourth-order valence-electron chi connectivity index (χ4n) is 1.88. The lowest BCUT2D eigenvalue weighted by molar-refractivity contribution is 0.390. The standard InChI is InChI=1S/C15H25NO2/c1-11(2)8-9-16-12(3)14-10-13(17-4)6-7-15(14)18-5/h6-7,10-12,16H,8-9H2,1-5H3. The van der Waals surface area contributed by atoms with Crippen molar-refractivity contribution < 1.29 is 9.47 Å². The van der Waals surface area contributed by atoms with Gasteiger partial charge in [-0.1, -0.05) is 13.8 Å². The lowest BCUT2D eigenvalue weighted by Gasteiger charge is -2.18. The van der Waals surface area contributed by atoms with E-state index in [-0.39, 0.29) is 6.04 Å². The Morgan fingerprint density at radius 2 is 1.83 bits per heavy atom. The molecular weight excluding hydrogens is 226 g/mol. The first-order valence-electron chi connectivity index (χ1n) is 6.53. The Kier molecular flexibility index (Phi) is 5.99. The summed E-state index contributed by atoms with van der Waals surface area (Å²) in [5.41, 5.74) is 1.14. The van der Waals surface area contributed by atoms with Crippen molar-refractivity contribution >= 4 is 0 Å². The van der Waals surface area contributed by atoms with Crippen LogP contribution in [0.2, 0.25) is 0 Å². The summed E-state index contributed by atoms with van der Waals surface area (Å²) in [6, 6.07) is 6.16. The molecule has 0 aromatic heterocycles. The summed E-state index contributed by atoms with van der Waals surface area (Å²) in [4.78, 5) is 0. The quantitative estimate of drug-likeness (QED) is 0.805. The SMILES string of the molecule is COc1ccc(OC)c(C(C)NCCC(C)C)c1. The van der Waals surface area contributed by atoms with Gasteiger partial charge in [0.15, 0.2) is 0 Å². The van der Waals surface area contributed by atoms with Crippen molar-refractivity contribution in [1.29, 1.82) is 0 Å². The van der Waals surface area contributed by atoms with Gasteiger partial charge in [0, 0.05) is 11.6 Å². The number of ether oxygens (including phenoxy) is 2. The third-order valence-electron chi connectivity index (χ3n) is 3.08. The van der Waals surface area contributed by atoms with E-state index in [0.29, 0.717) is 0 Å². The summed E-state index contributed by atoms with van der Waals surface area (Å²) in [6.07, 6.45) is 1.18. The topological polar surface area (TPSA) is 30.5 Å². The van der Waals surface area contributed by atoms with Crippen LogP contribution in [0.3, 0.4) is 0 Å². The van der Waals surface area contributed by atoms with E-state index < -0.39 is 0 Å². The molecule has 1 aromatic rings. The maximum absolute atomic E-state index is 5.40. The first-order chi connectivity index (χ1) is 8.58. The molecule has 0 aliphatic carbocycles. The molecule has 0 saturated heterocycles. The van der Waals surface area contributed by atoms with Gasteiger partial charge in [-0.05, 0) is 44.0 Å². The van der Waals surface area contributed by atoms with E-state index in [1.807, 2.05) is 18.2 Å². The van der Waals surface area contributed by atoms with Gasteiger partial charge in [0.1, 0.15) is 11.5 Å². The van der Waals surface area contributed by atoms with Crippen LogP contribution in [-0.4, -0.2) is 20.8 Å². The molecule has 102 valence electrons. The molecule has 0 saturated carbocycles. The molecule has 1 N–H and O–H groups in total. The Bertz CT molecular complexity index is 364. The number of hydrogen-bond acceptors (Lipinski definition) is 3. The van der Waals surface area contributed by atoms with Crippen LogP contribution in [0.4, 0.5) is 0 Å². The highest BCUT2D eigenvalue weighted by atomic mass is 16.5. The highest BCUT2D eigenvalue weighted by molar-refractivity contribution is 5.42. The zero-order valence-electron chi connectivity index (χ0n) is 12.1. The summed E-state index contributed by atoms with van der Waals surface area (Å²) >= 11 is 0. The average molecular weight is 251 g/mol. The molecule has 1 atom stereocenters. The first kappa shape index (κ1) is 14.8. The first-order valence-corrected chi connectivity index (χ1v) is 6.53. The minimum absolute atomic E-state index is 0.258. The van der Waals surface area contributed by atoms with Gasteiger partial charge < -0.3 is 14.8 Å². The van der Waals surface area contributed by atoms with Gasteiger partial charge in [-0.25, -0.2) is 0 Å². The lowest BCUT2D eigenvalue weighted by Crippen LogP contribution is -2.21. The molecule has 18 heavy (non-hydrogen) atoms. The molecule has 0 fully saturated rings. The number of benzene rings is 1. The summed E-state index contributed by atoms with van der Waals surface area (Å²) in [5.74, 6) is 2.49. The normalized spacial score (nSPS) is 12.6. The van der Waals surface area contributed by atoms with Crippen LogP contribution >= 0.6 is 0 Å². The Morgan fingerprint density at radius 1 is 1.11 bits per heavy atom. The summed E-state index contributed by atoms with van der Waals surface area (Å²) in [7, 11) is 3.38. The van der Waals surface area contributed by atoms with Crippen LogP contribution in [0.25, 0.3) is 0 Å². The van der Waals surface area contributed by atoms with Crippen LogP contribution in [0.15, 0.2) is 18.2 Å². The van der Waals surface area contributed by atoms with Crippen LogP contribution in [0.5, 0.6) is 11.5 Å². The number of hydrogen-bond donors (Lipinski definition) is 1. The van der Waals surface area contributed by atoms with Crippen molar-refractivity contribution in [1.82, 2.24) is 5.32 Å². The number of methoxy groups -OCH3 is 2. The van der Waals surface area contributed by atoms with E-state index in [2.05, 4.69) is 26.1 Å². The molecule has 0 aliphatic rings. The maximum atomic E-state index is 5.40. The second-order valence-corrected chi connectivity index (χ2v) is 4.97. The predicted molar refractivity (Wildman–Crippen MR) is 75.4 cm³/mol. The molecule has 0 amide bonds. The molecule has 1 unspecified atom stereocenters. The van der Waals surface area contributed by atoms with Crippen LogP contribution < -0.4 is 14.8 Å². The molecular formula is C15H25NO2. The zero-order valence-corrected chi connectivity index (χ0v) is 12.1. The minimum atomic E-state index is 0.258. The van der Waals surface area contributed by atoms with Gasteiger partial charge in [0.25, 0.3) is 0 Å². The molecule has 0 heterocycles. The molecule has 0 bridgehead atoms. The molecule has 1 rings (SSSR count). The Hall–Kier alpha value is -1.22. The lowest BCUT2D eigenvalue weighted by atomic mass is 10.1. The van der Waals surface area contributed by atoms with Crippen molar-refractivity contribution in [2.45, 2.75) is 33.2 Å². The fourth-order valence-corrected chi connectivity index (χ4v) is 1.88. The second-order valence-electron chi connectivity index (χ2n) is 4.97. The number of rotatable bonds is 7.